The van der Waals surface area contributed by atoms with Crippen molar-refractivity contribution in [1.29, 1.82) is 0 Å². The summed E-state index contributed by atoms with van der Waals surface area (Å²) in [6, 6.07) is 8.42. The van der Waals surface area contributed by atoms with Gasteiger partial charge < -0.3 is 11.1 Å². The average molecular weight is 291 g/mol. The SMILES string of the molecule is CCN(CC)Cc1ccc(CNC(=O)C(C)(C)CN)cc1. The zero-order valence-electron chi connectivity index (χ0n) is 13.8. The van der Waals surface area contributed by atoms with Gasteiger partial charge >= 0.3 is 0 Å². The minimum absolute atomic E-state index is 0.00258. The molecule has 3 N–H and O–H groups in total. The molecule has 0 fully saturated rings. The molecule has 0 atom stereocenters. The number of amides is 1. The van der Waals surface area contributed by atoms with Crippen molar-refractivity contribution in [1.82, 2.24) is 10.2 Å². The van der Waals surface area contributed by atoms with Crippen molar-refractivity contribution in [3.63, 3.8) is 0 Å². The molecule has 0 unspecified atom stereocenters. The Morgan fingerprint density at radius 2 is 1.67 bits per heavy atom. The fourth-order valence-corrected chi connectivity index (χ4v) is 1.98. The van der Waals surface area contributed by atoms with E-state index in [4.69, 9.17) is 5.73 Å². The predicted octanol–water partition coefficient (Wildman–Crippen LogP) is 2.13. The molecule has 0 radical (unpaired) electrons. The maximum absolute atomic E-state index is 12.0. The maximum Gasteiger partial charge on any atom is 0.227 e. The van der Waals surface area contributed by atoms with E-state index in [1.165, 1.54) is 5.56 Å². The van der Waals surface area contributed by atoms with Crippen molar-refractivity contribution in [2.45, 2.75) is 40.8 Å². The summed E-state index contributed by atoms with van der Waals surface area (Å²) >= 11 is 0. The summed E-state index contributed by atoms with van der Waals surface area (Å²) in [6.45, 7) is 12.0. The number of benzene rings is 1. The molecule has 0 heterocycles. The van der Waals surface area contributed by atoms with E-state index < -0.39 is 5.41 Å². The summed E-state index contributed by atoms with van der Waals surface area (Å²) in [7, 11) is 0. The van der Waals surface area contributed by atoms with Gasteiger partial charge in [-0.2, -0.15) is 0 Å². The second kappa shape index (κ2) is 8.15. The Hall–Kier alpha value is -1.39. The van der Waals surface area contributed by atoms with E-state index >= 15 is 0 Å². The van der Waals surface area contributed by atoms with Crippen molar-refractivity contribution < 1.29 is 4.79 Å². The normalized spacial score (nSPS) is 11.7. The van der Waals surface area contributed by atoms with Crippen LogP contribution in [0.5, 0.6) is 0 Å². The summed E-state index contributed by atoms with van der Waals surface area (Å²) in [5.74, 6) is -0.00258. The molecule has 0 aliphatic carbocycles. The molecule has 118 valence electrons. The fourth-order valence-electron chi connectivity index (χ4n) is 1.98. The highest BCUT2D eigenvalue weighted by molar-refractivity contribution is 5.81. The van der Waals surface area contributed by atoms with Crippen LogP contribution in [0.15, 0.2) is 24.3 Å². The molecular formula is C17H29N3O. The molecule has 0 bridgehead atoms. The van der Waals surface area contributed by atoms with Gasteiger partial charge in [0.25, 0.3) is 0 Å². The van der Waals surface area contributed by atoms with Gasteiger partial charge in [0.15, 0.2) is 0 Å². The molecule has 0 aliphatic rings. The lowest BCUT2D eigenvalue weighted by Crippen LogP contribution is -2.41. The first-order chi connectivity index (χ1) is 9.92. The van der Waals surface area contributed by atoms with Crippen molar-refractivity contribution in [2.24, 2.45) is 11.1 Å². The molecule has 4 heteroatoms. The van der Waals surface area contributed by atoms with Crippen LogP contribution in [0.25, 0.3) is 0 Å². The van der Waals surface area contributed by atoms with E-state index in [0.29, 0.717) is 13.1 Å². The molecular weight excluding hydrogens is 262 g/mol. The molecule has 1 amide bonds. The van der Waals surface area contributed by atoms with Gasteiger partial charge in [0, 0.05) is 19.6 Å². The molecule has 1 aromatic rings. The smallest absolute Gasteiger partial charge is 0.227 e. The standard InChI is InChI=1S/C17H29N3O/c1-5-20(6-2)12-15-9-7-14(8-10-15)11-19-16(21)17(3,4)13-18/h7-10H,5-6,11-13,18H2,1-4H3,(H,19,21). The lowest BCUT2D eigenvalue weighted by atomic mass is 9.92. The van der Waals surface area contributed by atoms with Crippen molar-refractivity contribution in [3.05, 3.63) is 35.4 Å². The van der Waals surface area contributed by atoms with E-state index in [1.807, 2.05) is 13.8 Å². The number of nitrogens with two attached hydrogens (primary N) is 1. The Labute approximate surface area is 128 Å². The van der Waals surface area contributed by atoms with Gasteiger partial charge in [-0.3, -0.25) is 9.69 Å². The minimum Gasteiger partial charge on any atom is -0.352 e. The van der Waals surface area contributed by atoms with Gasteiger partial charge in [-0.1, -0.05) is 38.1 Å². The van der Waals surface area contributed by atoms with Crippen LogP contribution in [0.2, 0.25) is 0 Å². The van der Waals surface area contributed by atoms with Crippen LogP contribution in [0.1, 0.15) is 38.8 Å². The van der Waals surface area contributed by atoms with E-state index in [9.17, 15) is 4.79 Å². The Morgan fingerprint density at radius 3 is 2.14 bits per heavy atom. The lowest BCUT2D eigenvalue weighted by Gasteiger charge is -2.21. The highest BCUT2D eigenvalue weighted by atomic mass is 16.2. The third kappa shape index (κ3) is 5.48. The van der Waals surface area contributed by atoms with E-state index in [2.05, 4.69) is 48.3 Å². The molecule has 1 rings (SSSR count). The van der Waals surface area contributed by atoms with Gasteiger partial charge in [-0.25, -0.2) is 0 Å². The van der Waals surface area contributed by atoms with Crippen LogP contribution in [-0.4, -0.2) is 30.4 Å². The predicted molar refractivity (Wildman–Crippen MR) is 87.7 cm³/mol. The van der Waals surface area contributed by atoms with Crippen molar-refractivity contribution in [2.75, 3.05) is 19.6 Å². The van der Waals surface area contributed by atoms with Gasteiger partial charge in [0.2, 0.25) is 5.91 Å². The monoisotopic (exact) mass is 291 g/mol. The molecule has 0 saturated carbocycles. The minimum atomic E-state index is -0.511. The first-order valence-corrected chi connectivity index (χ1v) is 7.71. The van der Waals surface area contributed by atoms with Crippen LogP contribution in [0.3, 0.4) is 0 Å². The highest BCUT2D eigenvalue weighted by Gasteiger charge is 2.25. The number of carbonyl (C=O) groups is 1. The van der Waals surface area contributed by atoms with Crippen LogP contribution in [-0.2, 0) is 17.9 Å². The zero-order chi connectivity index (χ0) is 15.9. The molecule has 4 nitrogen and oxygen atoms in total. The summed E-state index contributed by atoms with van der Waals surface area (Å²) in [5, 5.41) is 2.94. The largest absolute Gasteiger partial charge is 0.352 e. The molecule has 0 aromatic heterocycles. The maximum atomic E-state index is 12.0. The Balaban J connectivity index is 2.53. The third-order valence-electron chi connectivity index (χ3n) is 3.90. The number of hydrogen-bond donors (Lipinski definition) is 2. The summed E-state index contributed by atoms with van der Waals surface area (Å²) in [5.41, 5.74) is 7.50. The zero-order valence-corrected chi connectivity index (χ0v) is 13.8. The van der Waals surface area contributed by atoms with Crippen LogP contribution in [0.4, 0.5) is 0 Å². The number of nitrogens with zero attached hydrogens (tertiary/aromatic N) is 1. The molecule has 21 heavy (non-hydrogen) atoms. The van der Waals surface area contributed by atoms with Gasteiger partial charge in [0.1, 0.15) is 0 Å². The first-order valence-electron chi connectivity index (χ1n) is 7.71. The van der Waals surface area contributed by atoms with E-state index in [0.717, 1.165) is 25.2 Å². The Bertz CT molecular complexity index is 436. The molecule has 0 aliphatic heterocycles. The van der Waals surface area contributed by atoms with E-state index in [-0.39, 0.29) is 5.91 Å². The molecule has 1 aromatic carbocycles. The number of carbonyl (C=O) groups excluding carboxylic acids is 1. The molecule has 0 spiro atoms. The quantitative estimate of drug-likeness (QED) is 0.771. The Kier molecular flexibility index (Phi) is 6.85. The number of hydrogen-bond acceptors (Lipinski definition) is 3. The fraction of sp³-hybridized carbons (Fsp3) is 0.588. The second-order valence-electron chi connectivity index (χ2n) is 6.05. The molecule has 0 saturated heterocycles. The van der Waals surface area contributed by atoms with Gasteiger partial charge in [-0.15, -0.1) is 0 Å². The van der Waals surface area contributed by atoms with Crippen LogP contribution < -0.4 is 11.1 Å². The van der Waals surface area contributed by atoms with Crippen LogP contribution in [0, 0.1) is 5.41 Å². The summed E-state index contributed by atoms with van der Waals surface area (Å²) < 4.78 is 0. The second-order valence-corrected chi connectivity index (χ2v) is 6.05. The van der Waals surface area contributed by atoms with Crippen molar-refractivity contribution >= 4 is 5.91 Å². The summed E-state index contributed by atoms with van der Waals surface area (Å²) in [4.78, 5) is 14.3. The summed E-state index contributed by atoms with van der Waals surface area (Å²) in [6.07, 6.45) is 0. The topological polar surface area (TPSA) is 58.4 Å². The van der Waals surface area contributed by atoms with Crippen LogP contribution >= 0.6 is 0 Å². The highest BCUT2D eigenvalue weighted by Crippen LogP contribution is 2.13. The Morgan fingerprint density at radius 1 is 1.14 bits per heavy atom. The van der Waals surface area contributed by atoms with Gasteiger partial charge in [-0.05, 0) is 38.1 Å². The first kappa shape index (κ1) is 17.7. The number of rotatable bonds is 8. The lowest BCUT2D eigenvalue weighted by molar-refractivity contribution is -0.129. The van der Waals surface area contributed by atoms with Crippen molar-refractivity contribution in [3.8, 4) is 0 Å². The third-order valence-corrected chi connectivity index (χ3v) is 3.90. The van der Waals surface area contributed by atoms with E-state index in [1.54, 1.807) is 0 Å². The number of nitrogens with one attached hydrogen (secondary N) is 1. The van der Waals surface area contributed by atoms with Gasteiger partial charge in [0.05, 0.1) is 5.41 Å². The average Bonchev–Trinajstić information content (AvgIpc) is 2.51.